The Morgan fingerprint density at radius 1 is 1.16 bits per heavy atom. The van der Waals surface area contributed by atoms with Gasteiger partial charge < -0.3 is 0 Å². The molecule has 2 aromatic rings. The molecule has 130 valence electrons. The molecule has 0 N–H and O–H groups in total. The van der Waals surface area contributed by atoms with Crippen molar-refractivity contribution in [3.05, 3.63) is 46.8 Å². The van der Waals surface area contributed by atoms with E-state index in [0.717, 1.165) is 24.5 Å². The minimum atomic E-state index is 0.438. The molecule has 6 rings (SSSR count). The third kappa shape index (κ3) is 2.09. The van der Waals surface area contributed by atoms with Crippen LogP contribution in [0.4, 0.5) is 0 Å². The standard InChI is InChI=1S/C23H28N2/c1-13(2)10-16-18-12-19(23(18,3)4)17-11-15-8-7-14-6-5-9-24-20(14)21(15)25-22(16)17/h5-6,9,11,13,16,18-19H,7-8,10,12H2,1-4H3/t16-,18+,19-/m1/s1. The van der Waals surface area contributed by atoms with Gasteiger partial charge >= 0.3 is 0 Å². The predicted molar refractivity (Wildman–Crippen MR) is 102 cm³/mol. The minimum Gasteiger partial charge on any atom is -0.254 e. The van der Waals surface area contributed by atoms with Gasteiger partial charge in [0.25, 0.3) is 0 Å². The van der Waals surface area contributed by atoms with Gasteiger partial charge in [-0.15, -0.1) is 0 Å². The highest BCUT2D eigenvalue weighted by Crippen LogP contribution is 2.67. The van der Waals surface area contributed by atoms with Crippen molar-refractivity contribution in [1.82, 2.24) is 9.97 Å². The third-order valence-electron chi connectivity index (χ3n) is 7.22. The van der Waals surface area contributed by atoms with Crippen LogP contribution in [0.5, 0.6) is 0 Å². The number of fused-ring (bicyclic) bond motifs is 3. The number of hydrogen-bond acceptors (Lipinski definition) is 2. The van der Waals surface area contributed by atoms with E-state index < -0.39 is 0 Å². The van der Waals surface area contributed by atoms with Crippen LogP contribution >= 0.6 is 0 Å². The first-order valence-corrected chi connectivity index (χ1v) is 9.94. The largest absolute Gasteiger partial charge is 0.254 e. The van der Waals surface area contributed by atoms with Gasteiger partial charge in [-0.2, -0.15) is 0 Å². The molecule has 0 saturated heterocycles. The maximum atomic E-state index is 5.31. The Hall–Kier alpha value is -1.70. The fourth-order valence-corrected chi connectivity index (χ4v) is 5.83. The van der Waals surface area contributed by atoms with E-state index >= 15 is 0 Å². The van der Waals surface area contributed by atoms with Crippen LogP contribution < -0.4 is 0 Å². The van der Waals surface area contributed by atoms with Gasteiger partial charge in [-0.1, -0.05) is 39.8 Å². The van der Waals surface area contributed by atoms with Crippen molar-refractivity contribution < 1.29 is 0 Å². The number of nitrogens with zero attached hydrogens (tertiary/aromatic N) is 2. The molecular formula is C23H28N2. The normalized spacial score (nSPS) is 28.0. The molecule has 25 heavy (non-hydrogen) atoms. The summed E-state index contributed by atoms with van der Waals surface area (Å²) in [5.74, 6) is 2.84. The topological polar surface area (TPSA) is 25.8 Å². The van der Waals surface area contributed by atoms with Crippen molar-refractivity contribution in [1.29, 1.82) is 0 Å². The fraction of sp³-hybridized carbons (Fsp3) is 0.565. The van der Waals surface area contributed by atoms with Crippen LogP contribution in [0.15, 0.2) is 24.4 Å². The first-order valence-electron chi connectivity index (χ1n) is 9.94. The first-order chi connectivity index (χ1) is 12.0. The summed E-state index contributed by atoms with van der Waals surface area (Å²) in [5, 5.41) is 0. The van der Waals surface area contributed by atoms with Crippen LogP contribution in [0.2, 0.25) is 0 Å². The number of aryl methyl sites for hydroxylation is 2. The molecule has 3 atom stereocenters. The van der Waals surface area contributed by atoms with Crippen LogP contribution in [0.25, 0.3) is 11.4 Å². The van der Waals surface area contributed by atoms with Crippen molar-refractivity contribution in [2.24, 2.45) is 17.3 Å². The maximum Gasteiger partial charge on any atom is 0.0924 e. The smallest absolute Gasteiger partial charge is 0.0924 e. The molecule has 0 unspecified atom stereocenters. The summed E-state index contributed by atoms with van der Waals surface area (Å²) in [4.78, 5) is 10.0. The maximum absolute atomic E-state index is 5.31. The number of hydrogen-bond donors (Lipinski definition) is 0. The second kappa shape index (κ2) is 5.16. The van der Waals surface area contributed by atoms with E-state index in [2.05, 4.69) is 45.9 Å². The van der Waals surface area contributed by atoms with Crippen LogP contribution in [0.3, 0.4) is 0 Å². The molecule has 2 aromatic heterocycles. The Morgan fingerprint density at radius 3 is 2.72 bits per heavy atom. The molecule has 1 fully saturated rings. The van der Waals surface area contributed by atoms with Gasteiger partial charge in [0.15, 0.2) is 0 Å². The summed E-state index contributed by atoms with van der Waals surface area (Å²) < 4.78 is 0. The molecule has 2 heteroatoms. The molecule has 2 bridgehead atoms. The molecule has 1 saturated carbocycles. The van der Waals surface area contributed by atoms with Gasteiger partial charge in [-0.25, -0.2) is 0 Å². The Bertz CT molecular complexity index is 849. The van der Waals surface area contributed by atoms with Gasteiger partial charge in [-0.3, -0.25) is 9.97 Å². The summed E-state index contributed by atoms with van der Waals surface area (Å²) in [7, 11) is 0. The molecule has 0 radical (unpaired) electrons. The van der Waals surface area contributed by atoms with Crippen molar-refractivity contribution in [3.8, 4) is 11.4 Å². The van der Waals surface area contributed by atoms with Gasteiger partial charge in [0, 0.05) is 17.8 Å². The predicted octanol–water partition coefficient (Wildman–Crippen LogP) is 5.52. The summed E-state index contributed by atoms with van der Waals surface area (Å²) in [6, 6.07) is 6.80. The average Bonchev–Trinajstić information content (AvgIpc) is 2.59. The second-order valence-electron chi connectivity index (χ2n) is 9.43. The Labute approximate surface area is 151 Å². The fourth-order valence-electron chi connectivity index (χ4n) is 5.83. The van der Waals surface area contributed by atoms with Crippen LogP contribution in [-0.2, 0) is 12.8 Å². The molecule has 2 nitrogen and oxygen atoms in total. The summed E-state index contributed by atoms with van der Waals surface area (Å²) >= 11 is 0. The van der Waals surface area contributed by atoms with Crippen molar-refractivity contribution in [2.75, 3.05) is 0 Å². The van der Waals surface area contributed by atoms with E-state index in [1.165, 1.54) is 35.4 Å². The lowest BCUT2D eigenvalue weighted by Crippen LogP contribution is -2.51. The number of pyridine rings is 2. The van der Waals surface area contributed by atoms with E-state index in [1.807, 2.05) is 6.20 Å². The van der Waals surface area contributed by atoms with E-state index in [4.69, 9.17) is 9.97 Å². The van der Waals surface area contributed by atoms with Crippen molar-refractivity contribution in [2.45, 2.75) is 65.2 Å². The molecule has 2 heterocycles. The van der Waals surface area contributed by atoms with Gasteiger partial charge in [0.1, 0.15) is 0 Å². The summed E-state index contributed by atoms with van der Waals surface area (Å²) in [5.41, 5.74) is 8.51. The Balaban J connectivity index is 1.69. The van der Waals surface area contributed by atoms with Crippen LogP contribution in [0, 0.1) is 17.3 Å². The molecular weight excluding hydrogens is 304 g/mol. The third-order valence-corrected chi connectivity index (χ3v) is 7.22. The lowest BCUT2D eigenvalue weighted by molar-refractivity contribution is -0.0127. The summed E-state index contributed by atoms with van der Waals surface area (Å²) in [6.45, 7) is 9.68. The Kier molecular flexibility index (Phi) is 3.21. The number of rotatable bonds is 2. The van der Waals surface area contributed by atoms with Gasteiger partial charge in [0.2, 0.25) is 0 Å². The lowest BCUT2D eigenvalue weighted by Gasteiger charge is -2.60. The SMILES string of the molecule is CC(C)C[C@H]1c2nc3c(cc2[C@H]2C[C@@H]1C2(C)C)CCc1cccnc1-3. The first kappa shape index (κ1) is 15.5. The molecule has 0 spiro atoms. The molecule has 0 amide bonds. The molecule has 0 aromatic carbocycles. The highest BCUT2D eigenvalue weighted by Gasteiger charge is 2.57. The molecule has 0 aliphatic heterocycles. The molecule has 4 aliphatic carbocycles. The van der Waals surface area contributed by atoms with Gasteiger partial charge in [-0.05, 0) is 71.6 Å². The van der Waals surface area contributed by atoms with Crippen LogP contribution in [0.1, 0.15) is 74.8 Å². The second-order valence-corrected chi connectivity index (χ2v) is 9.43. The van der Waals surface area contributed by atoms with Crippen LogP contribution in [-0.4, -0.2) is 9.97 Å². The number of aromatic nitrogens is 2. The zero-order valence-corrected chi connectivity index (χ0v) is 15.8. The lowest BCUT2D eigenvalue weighted by atomic mass is 9.44. The minimum absolute atomic E-state index is 0.438. The van der Waals surface area contributed by atoms with Gasteiger partial charge in [0.05, 0.1) is 11.4 Å². The highest BCUT2D eigenvalue weighted by atomic mass is 14.8. The zero-order chi connectivity index (χ0) is 17.3. The van der Waals surface area contributed by atoms with Crippen molar-refractivity contribution in [3.63, 3.8) is 0 Å². The highest BCUT2D eigenvalue weighted by molar-refractivity contribution is 5.67. The van der Waals surface area contributed by atoms with E-state index in [1.54, 1.807) is 5.56 Å². The van der Waals surface area contributed by atoms with Crippen molar-refractivity contribution >= 4 is 0 Å². The van der Waals surface area contributed by atoms with E-state index in [9.17, 15) is 0 Å². The monoisotopic (exact) mass is 332 g/mol. The van der Waals surface area contributed by atoms with E-state index in [-0.39, 0.29) is 0 Å². The summed E-state index contributed by atoms with van der Waals surface area (Å²) in [6.07, 6.45) is 6.76. The Morgan fingerprint density at radius 2 is 1.96 bits per heavy atom. The quantitative estimate of drug-likeness (QED) is 0.724. The van der Waals surface area contributed by atoms with E-state index in [0.29, 0.717) is 23.2 Å². The zero-order valence-electron chi connectivity index (χ0n) is 15.8. The molecule has 4 aliphatic rings. The average molecular weight is 332 g/mol.